The lowest BCUT2D eigenvalue weighted by molar-refractivity contribution is 0.0994. The Bertz CT molecular complexity index is 631. The lowest BCUT2D eigenvalue weighted by Gasteiger charge is -2.17. The first-order chi connectivity index (χ1) is 9.47. The number of hydrogen-bond acceptors (Lipinski definition) is 4. The molecule has 0 aliphatic carbocycles. The van der Waals surface area contributed by atoms with Crippen LogP contribution in [0.15, 0.2) is 30.3 Å². The van der Waals surface area contributed by atoms with E-state index in [4.69, 9.17) is 5.73 Å². The van der Waals surface area contributed by atoms with Gasteiger partial charge in [-0.05, 0) is 29.8 Å². The molecule has 0 saturated heterocycles. The first-order valence-electron chi connectivity index (χ1n) is 5.76. The van der Waals surface area contributed by atoms with Gasteiger partial charge in [-0.2, -0.15) is 0 Å². The van der Waals surface area contributed by atoms with Crippen LogP contribution in [0, 0.1) is 11.6 Å². The Morgan fingerprint density at radius 2 is 1.95 bits per heavy atom. The van der Waals surface area contributed by atoms with Crippen LogP contribution in [0.3, 0.4) is 0 Å². The van der Waals surface area contributed by atoms with E-state index in [9.17, 15) is 13.6 Å². The summed E-state index contributed by atoms with van der Waals surface area (Å²) in [6, 6.07) is 6.71. The predicted molar refractivity (Wildman–Crippen MR) is 69.0 cm³/mol. The molecule has 1 amide bonds. The fourth-order valence-corrected chi connectivity index (χ4v) is 1.65. The van der Waals surface area contributed by atoms with Crippen LogP contribution in [-0.4, -0.2) is 23.2 Å². The van der Waals surface area contributed by atoms with Crippen LogP contribution in [0.25, 0.3) is 0 Å². The number of benzene rings is 1. The SMILES string of the molecule is CN(Cc1ccc(F)c(F)c1)c1ccc(C(N)=O)nn1. The normalized spacial score (nSPS) is 10.3. The smallest absolute Gasteiger partial charge is 0.269 e. The molecule has 0 radical (unpaired) electrons. The first-order valence-corrected chi connectivity index (χ1v) is 5.76. The van der Waals surface area contributed by atoms with Gasteiger partial charge in [-0.3, -0.25) is 4.79 Å². The molecule has 5 nitrogen and oxygen atoms in total. The van der Waals surface area contributed by atoms with Gasteiger partial charge in [0.15, 0.2) is 23.1 Å². The second kappa shape index (κ2) is 5.60. The van der Waals surface area contributed by atoms with Crippen LogP contribution in [0.4, 0.5) is 14.6 Å². The molecule has 104 valence electrons. The van der Waals surface area contributed by atoms with Crippen molar-refractivity contribution in [3.8, 4) is 0 Å². The average molecular weight is 278 g/mol. The largest absolute Gasteiger partial charge is 0.364 e. The maximum Gasteiger partial charge on any atom is 0.269 e. The van der Waals surface area contributed by atoms with Crippen molar-refractivity contribution in [2.75, 3.05) is 11.9 Å². The van der Waals surface area contributed by atoms with Crippen molar-refractivity contribution in [3.63, 3.8) is 0 Å². The summed E-state index contributed by atoms with van der Waals surface area (Å²) in [5, 5.41) is 7.52. The molecule has 7 heteroatoms. The molecule has 0 unspecified atom stereocenters. The van der Waals surface area contributed by atoms with Gasteiger partial charge in [-0.1, -0.05) is 6.07 Å². The Balaban J connectivity index is 2.12. The van der Waals surface area contributed by atoms with Gasteiger partial charge in [-0.15, -0.1) is 10.2 Å². The van der Waals surface area contributed by atoms with Crippen molar-refractivity contribution in [2.45, 2.75) is 6.54 Å². The Morgan fingerprint density at radius 1 is 1.20 bits per heavy atom. The zero-order valence-electron chi connectivity index (χ0n) is 10.7. The molecule has 0 fully saturated rings. The molecule has 0 spiro atoms. The van der Waals surface area contributed by atoms with Crippen LogP contribution < -0.4 is 10.6 Å². The second-order valence-corrected chi connectivity index (χ2v) is 4.25. The van der Waals surface area contributed by atoms with E-state index >= 15 is 0 Å². The van der Waals surface area contributed by atoms with Crippen LogP contribution in [0.2, 0.25) is 0 Å². The van der Waals surface area contributed by atoms with Crippen molar-refractivity contribution in [1.29, 1.82) is 0 Å². The van der Waals surface area contributed by atoms with E-state index < -0.39 is 17.5 Å². The number of amides is 1. The number of halogens is 2. The molecule has 2 aromatic rings. The van der Waals surface area contributed by atoms with Crippen LogP contribution in [0.1, 0.15) is 16.1 Å². The number of anilines is 1. The number of hydrogen-bond donors (Lipinski definition) is 1. The molecule has 20 heavy (non-hydrogen) atoms. The molecular formula is C13H12F2N4O. The number of aromatic nitrogens is 2. The van der Waals surface area contributed by atoms with E-state index in [0.29, 0.717) is 17.9 Å². The summed E-state index contributed by atoms with van der Waals surface area (Å²) in [6.45, 7) is 0.321. The average Bonchev–Trinajstić information content (AvgIpc) is 2.43. The molecule has 0 bridgehead atoms. The van der Waals surface area contributed by atoms with Gasteiger partial charge in [0.25, 0.3) is 5.91 Å². The minimum atomic E-state index is -0.897. The standard InChI is InChI=1S/C13H12F2N4O/c1-19(7-8-2-3-9(14)10(15)6-8)12-5-4-11(13(16)20)17-18-12/h2-6H,7H2,1H3,(H2,16,20). The Morgan fingerprint density at radius 3 is 2.50 bits per heavy atom. The molecule has 0 aliphatic heterocycles. The third-order valence-electron chi connectivity index (χ3n) is 2.70. The summed E-state index contributed by atoms with van der Waals surface area (Å²) in [7, 11) is 1.72. The summed E-state index contributed by atoms with van der Waals surface area (Å²) in [5.41, 5.74) is 5.72. The summed E-state index contributed by atoms with van der Waals surface area (Å²) >= 11 is 0. The first kappa shape index (κ1) is 13.9. The van der Waals surface area contributed by atoms with Gasteiger partial charge in [-0.25, -0.2) is 8.78 Å². The highest BCUT2D eigenvalue weighted by Gasteiger charge is 2.09. The van der Waals surface area contributed by atoms with Gasteiger partial charge in [0.2, 0.25) is 0 Å². The number of nitrogens with zero attached hydrogens (tertiary/aromatic N) is 3. The third kappa shape index (κ3) is 3.05. The topological polar surface area (TPSA) is 72.1 Å². The third-order valence-corrected chi connectivity index (χ3v) is 2.70. The van der Waals surface area contributed by atoms with Gasteiger partial charge in [0.1, 0.15) is 0 Å². The van der Waals surface area contributed by atoms with E-state index in [1.807, 2.05) is 0 Å². The number of rotatable bonds is 4. The van der Waals surface area contributed by atoms with Gasteiger partial charge < -0.3 is 10.6 Å². The molecule has 0 atom stereocenters. The number of primary amides is 1. The van der Waals surface area contributed by atoms with Crippen molar-refractivity contribution in [1.82, 2.24) is 10.2 Å². The predicted octanol–water partition coefficient (Wildman–Crippen LogP) is 1.49. The molecule has 2 rings (SSSR count). The van der Waals surface area contributed by atoms with Crippen molar-refractivity contribution in [2.24, 2.45) is 5.73 Å². The summed E-state index contributed by atoms with van der Waals surface area (Å²) in [5.74, 6) is -1.96. The molecule has 2 N–H and O–H groups in total. The lowest BCUT2D eigenvalue weighted by Crippen LogP contribution is -2.20. The number of carbonyl (C=O) groups excluding carboxylic acids is 1. The maximum absolute atomic E-state index is 13.1. The fourth-order valence-electron chi connectivity index (χ4n) is 1.65. The van der Waals surface area contributed by atoms with Gasteiger partial charge in [0, 0.05) is 13.6 Å². The highest BCUT2D eigenvalue weighted by Crippen LogP contribution is 2.14. The summed E-state index contributed by atoms with van der Waals surface area (Å²) in [6.07, 6.45) is 0. The molecule has 0 saturated carbocycles. The van der Waals surface area contributed by atoms with E-state index in [1.165, 1.54) is 12.1 Å². The van der Waals surface area contributed by atoms with Crippen molar-refractivity contribution < 1.29 is 13.6 Å². The summed E-state index contributed by atoms with van der Waals surface area (Å²) < 4.78 is 25.9. The molecule has 1 aromatic heterocycles. The minimum Gasteiger partial charge on any atom is -0.364 e. The minimum absolute atomic E-state index is 0.0648. The lowest BCUT2D eigenvalue weighted by atomic mass is 10.2. The van der Waals surface area contributed by atoms with E-state index in [-0.39, 0.29) is 5.69 Å². The quantitative estimate of drug-likeness (QED) is 0.919. The second-order valence-electron chi connectivity index (χ2n) is 4.25. The maximum atomic E-state index is 13.1. The molecule has 1 aromatic carbocycles. The zero-order valence-corrected chi connectivity index (χ0v) is 10.7. The highest BCUT2D eigenvalue weighted by atomic mass is 19.2. The Labute approximate surface area is 114 Å². The molecule has 1 heterocycles. The Kier molecular flexibility index (Phi) is 3.88. The zero-order chi connectivity index (χ0) is 14.7. The van der Waals surface area contributed by atoms with Crippen LogP contribution in [-0.2, 0) is 6.54 Å². The molecular weight excluding hydrogens is 266 g/mol. The van der Waals surface area contributed by atoms with Gasteiger partial charge in [0.05, 0.1) is 0 Å². The Hall–Kier alpha value is -2.57. The van der Waals surface area contributed by atoms with Crippen LogP contribution in [0.5, 0.6) is 0 Å². The number of carbonyl (C=O) groups is 1. The van der Waals surface area contributed by atoms with Crippen molar-refractivity contribution in [3.05, 3.63) is 53.2 Å². The van der Waals surface area contributed by atoms with E-state index in [1.54, 1.807) is 18.0 Å². The summed E-state index contributed by atoms with van der Waals surface area (Å²) in [4.78, 5) is 12.6. The van der Waals surface area contributed by atoms with Crippen molar-refractivity contribution >= 4 is 11.7 Å². The van der Waals surface area contributed by atoms with E-state index in [2.05, 4.69) is 10.2 Å². The fraction of sp³-hybridized carbons (Fsp3) is 0.154. The molecule has 0 aliphatic rings. The number of nitrogens with two attached hydrogens (primary N) is 1. The van der Waals surface area contributed by atoms with E-state index in [0.717, 1.165) is 12.1 Å². The monoisotopic (exact) mass is 278 g/mol. The highest BCUT2D eigenvalue weighted by molar-refractivity contribution is 5.90. The van der Waals surface area contributed by atoms with Crippen LogP contribution >= 0.6 is 0 Å². The van der Waals surface area contributed by atoms with Gasteiger partial charge >= 0.3 is 0 Å².